The van der Waals surface area contributed by atoms with Crippen molar-refractivity contribution in [1.82, 2.24) is 15.0 Å². The van der Waals surface area contributed by atoms with Crippen LogP contribution >= 0.6 is 0 Å². The molecule has 0 radical (unpaired) electrons. The number of para-hydroxylation sites is 1. The number of piperidine rings is 1. The predicted molar refractivity (Wildman–Crippen MR) is 113 cm³/mol. The van der Waals surface area contributed by atoms with Crippen LogP contribution in [-0.4, -0.2) is 34.0 Å². The zero-order valence-electron chi connectivity index (χ0n) is 17.5. The summed E-state index contributed by atoms with van der Waals surface area (Å²) in [4.78, 5) is 19.1. The Labute approximate surface area is 183 Å². The molecule has 1 aliphatic rings. The predicted octanol–water partition coefficient (Wildman–Crippen LogP) is 4.91. The number of likely N-dealkylation sites (tertiary alicyclic amines) is 1. The van der Waals surface area contributed by atoms with Gasteiger partial charge in [0.25, 0.3) is 0 Å². The van der Waals surface area contributed by atoms with Crippen LogP contribution in [0.5, 0.6) is 0 Å². The summed E-state index contributed by atoms with van der Waals surface area (Å²) in [6.45, 7) is 3.68. The van der Waals surface area contributed by atoms with E-state index < -0.39 is 11.7 Å². The first-order valence-corrected chi connectivity index (χ1v) is 10.4. The lowest BCUT2D eigenvalue weighted by Crippen LogP contribution is -2.38. The number of anilines is 1. The Balaban J connectivity index is 1.32. The lowest BCUT2D eigenvalue weighted by atomic mass is 9.95. The number of rotatable bonds is 5. The number of carbonyl (C=O) groups excluding carboxylic acids is 1. The van der Waals surface area contributed by atoms with Crippen LogP contribution in [-0.2, 0) is 17.5 Å². The number of carbonyl (C=O) groups is 1. The monoisotopic (exact) mass is 444 g/mol. The summed E-state index contributed by atoms with van der Waals surface area (Å²) in [6, 6.07) is 12.8. The van der Waals surface area contributed by atoms with Crippen LogP contribution in [0.4, 0.5) is 18.9 Å². The first-order valence-electron chi connectivity index (χ1n) is 10.4. The number of aromatic nitrogens is 2. The second-order valence-corrected chi connectivity index (χ2v) is 7.96. The quantitative estimate of drug-likeness (QED) is 0.605. The second kappa shape index (κ2) is 9.12. The Morgan fingerprint density at radius 1 is 1.16 bits per heavy atom. The Kier molecular flexibility index (Phi) is 6.27. The molecule has 2 aromatic carbocycles. The molecular formula is C23H23F3N4O2. The lowest BCUT2D eigenvalue weighted by Gasteiger charge is -2.30. The molecule has 0 spiro atoms. The van der Waals surface area contributed by atoms with Crippen molar-refractivity contribution in [1.29, 1.82) is 0 Å². The maximum atomic E-state index is 13.2. The molecule has 1 amide bonds. The second-order valence-electron chi connectivity index (χ2n) is 7.96. The molecule has 168 valence electrons. The van der Waals surface area contributed by atoms with Crippen molar-refractivity contribution in [3.63, 3.8) is 0 Å². The van der Waals surface area contributed by atoms with Crippen LogP contribution < -0.4 is 5.32 Å². The Bertz CT molecular complexity index is 1090. The minimum absolute atomic E-state index is 0.207. The largest absolute Gasteiger partial charge is 0.418 e. The van der Waals surface area contributed by atoms with E-state index in [9.17, 15) is 18.0 Å². The van der Waals surface area contributed by atoms with Gasteiger partial charge in [-0.1, -0.05) is 41.1 Å². The van der Waals surface area contributed by atoms with Gasteiger partial charge in [-0.25, -0.2) is 0 Å². The fourth-order valence-corrected chi connectivity index (χ4v) is 3.84. The van der Waals surface area contributed by atoms with Gasteiger partial charge in [0.15, 0.2) is 0 Å². The molecule has 2 heterocycles. The van der Waals surface area contributed by atoms with Gasteiger partial charge in [-0.2, -0.15) is 18.2 Å². The molecule has 1 fully saturated rings. The van der Waals surface area contributed by atoms with E-state index in [0.29, 0.717) is 44.2 Å². The number of hydrogen-bond donors (Lipinski definition) is 1. The zero-order chi connectivity index (χ0) is 22.7. The Hall–Kier alpha value is -3.20. The van der Waals surface area contributed by atoms with Crippen molar-refractivity contribution in [3.05, 3.63) is 65.5 Å². The van der Waals surface area contributed by atoms with Crippen LogP contribution in [0.25, 0.3) is 11.4 Å². The first-order chi connectivity index (χ1) is 15.3. The van der Waals surface area contributed by atoms with Gasteiger partial charge in [0, 0.05) is 11.5 Å². The summed E-state index contributed by atoms with van der Waals surface area (Å²) in [5.74, 6) is 0.281. The van der Waals surface area contributed by atoms with E-state index in [2.05, 4.69) is 20.4 Å². The third-order valence-electron chi connectivity index (χ3n) is 5.55. The number of benzene rings is 2. The van der Waals surface area contributed by atoms with E-state index in [4.69, 9.17) is 4.52 Å². The number of nitrogens with zero attached hydrogens (tertiary/aromatic N) is 3. The van der Waals surface area contributed by atoms with E-state index >= 15 is 0 Å². The molecule has 4 rings (SSSR count). The molecular weight excluding hydrogens is 421 g/mol. The number of halogens is 3. The molecule has 1 saturated heterocycles. The summed E-state index contributed by atoms with van der Waals surface area (Å²) in [7, 11) is 0. The average Bonchev–Trinajstić information content (AvgIpc) is 3.22. The number of nitrogens with one attached hydrogen (secondary N) is 1. The fourth-order valence-electron chi connectivity index (χ4n) is 3.84. The highest BCUT2D eigenvalue weighted by molar-refractivity contribution is 5.93. The third kappa shape index (κ3) is 5.16. The molecule has 3 aromatic rings. The maximum Gasteiger partial charge on any atom is 0.418 e. The molecule has 1 aliphatic heterocycles. The number of hydrogen-bond acceptors (Lipinski definition) is 5. The van der Waals surface area contributed by atoms with Gasteiger partial charge < -0.3 is 9.84 Å². The van der Waals surface area contributed by atoms with Crippen LogP contribution in [0.2, 0.25) is 0 Å². The molecule has 1 aromatic heterocycles. The van der Waals surface area contributed by atoms with Crippen LogP contribution in [0.1, 0.15) is 29.9 Å². The van der Waals surface area contributed by atoms with Gasteiger partial charge in [0.2, 0.25) is 17.6 Å². The number of amides is 1. The number of aryl methyl sites for hydroxylation is 1. The molecule has 32 heavy (non-hydrogen) atoms. The average molecular weight is 444 g/mol. The van der Waals surface area contributed by atoms with Gasteiger partial charge in [-0.3, -0.25) is 9.69 Å². The van der Waals surface area contributed by atoms with E-state index in [-0.39, 0.29) is 17.5 Å². The summed E-state index contributed by atoms with van der Waals surface area (Å²) >= 11 is 0. The normalized spacial score (nSPS) is 15.6. The van der Waals surface area contributed by atoms with Crippen molar-refractivity contribution >= 4 is 11.6 Å². The van der Waals surface area contributed by atoms with Crippen molar-refractivity contribution < 1.29 is 22.5 Å². The first kappa shape index (κ1) is 22.0. The highest BCUT2D eigenvalue weighted by Gasteiger charge is 2.34. The van der Waals surface area contributed by atoms with E-state index in [1.165, 1.54) is 18.2 Å². The Morgan fingerprint density at radius 3 is 2.62 bits per heavy atom. The Morgan fingerprint density at radius 2 is 1.91 bits per heavy atom. The van der Waals surface area contributed by atoms with E-state index in [0.717, 1.165) is 17.2 Å². The summed E-state index contributed by atoms with van der Waals surface area (Å²) in [5.41, 5.74) is 0.940. The molecule has 1 N–H and O–H groups in total. The van der Waals surface area contributed by atoms with Gasteiger partial charge in [-0.15, -0.1) is 0 Å². The van der Waals surface area contributed by atoms with Gasteiger partial charge >= 0.3 is 6.18 Å². The summed E-state index contributed by atoms with van der Waals surface area (Å²) in [5, 5.41) is 6.50. The highest BCUT2D eigenvalue weighted by atomic mass is 19.4. The van der Waals surface area contributed by atoms with E-state index in [1.807, 2.05) is 31.2 Å². The molecule has 0 bridgehead atoms. The molecule has 6 nitrogen and oxygen atoms in total. The van der Waals surface area contributed by atoms with Crippen LogP contribution in [0.3, 0.4) is 0 Å². The minimum atomic E-state index is -4.52. The lowest BCUT2D eigenvalue weighted by molar-refractivity contribution is -0.137. The van der Waals surface area contributed by atoms with Crippen molar-refractivity contribution in [2.75, 3.05) is 18.4 Å². The maximum absolute atomic E-state index is 13.2. The molecule has 0 atom stereocenters. The van der Waals surface area contributed by atoms with Crippen molar-refractivity contribution in [2.45, 2.75) is 32.5 Å². The van der Waals surface area contributed by atoms with Gasteiger partial charge in [-0.05, 0) is 51.1 Å². The standard InChI is InChI=1S/C23H23F3N4O2/c1-15-5-4-6-17(13-15)21-28-20(32-29-21)14-30-11-9-16(10-12-30)22(31)27-19-8-3-2-7-18(19)23(24,25)26/h2-8,13,16H,9-12,14H2,1H3,(H,27,31). The zero-order valence-corrected chi connectivity index (χ0v) is 17.5. The highest BCUT2D eigenvalue weighted by Crippen LogP contribution is 2.35. The van der Waals surface area contributed by atoms with Crippen molar-refractivity contribution in [3.8, 4) is 11.4 Å². The minimum Gasteiger partial charge on any atom is -0.338 e. The molecule has 0 aliphatic carbocycles. The SMILES string of the molecule is Cc1cccc(-c2noc(CN3CCC(C(=O)Nc4ccccc4C(F)(F)F)CC3)n2)c1. The van der Waals surface area contributed by atoms with Crippen LogP contribution in [0.15, 0.2) is 53.1 Å². The number of alkyl halides is 3. The topological polar surface area (TPSA) is 71.3 Å². The smallest absolute Gasteiger partial charge is 0.338 e. The summed E-state index contributed by atoms with van der Waals surface area (Å²) in [6.07, 6.45) is -3.44. The summed E-state index contributed by atoms with van der Waals surface area (Å²) < 4.78 is 44.8. The van der Waals surface area contributed by atoms with Crippen molar-refractivity contribution in [2.24, 2.45) is 5.92 Å². The van der Waals surface area contributed by atoms with E-state index in [1.54, 1.807) is 0 Å². The molecule has 0 unspecified atom stereocenters. The van der Waals surface area contributed by atoms with Gasteiger partial charge in [0.05, 0.1) is 17.8 Å². The van der Waals surface area contributed by atoms with Gasteiger partial charge in [0.1, 0.15) is 0 Å². The van der Waals surface area contributed by atoms with Crippen LogP contribution in [0, 0.1) is 12.8 Å². The fraction of sp³-hybridized carbons (Fsp3) is 0.348. The molecule has 9 heteroatoms. The molecule has 0 saturated carbocycles. The third-order valence-corrected chi connectivity index (χ3v) is 5.55.